The van der Waals surface area contributed by atoms with E-state index in [0.29, 0.717) is 13.0 Å². The molecule has 1 aromatic carbocycles. The van der Waals surface area contributed by atoms with Gasteiger partial charge in [-0.3, -0.25) is 9.63 Å². The monoisotopic (exact) mass is 246 g/mol. The molecule has 0 aliphatic rings. The second kappa shape index (κ2) is 6.21. The smallest absolute Gasteiger partial charge is 0.243 e. The SMILES string of the molecule is CCONC(=O)CCCc1c[nH]c2ccccc12. The zero-order chi connectivity index (χ0) is 12.8. The van der Waals surface area contributed by atoms with Crippen LogP contribution in [-0.4, -0.2) is 17.5 Å². The lowest BCUT2D eigenvalue weighted by Gasteiger charge is -2.03. The van der Waals surface area contributed by atoms with E-state index in [1.807, 2.05) is 25.3 Å². The number of aromatic amines is 1. The summed E-state index contributed by atoms with van der Waals surface area (Å²) in [5.41, 5.74) is 4.81. The van der Waals surface area contributed by atoms with Gasteiger partial charge < -0.3 is 4.98 Å². The van der Waals surface area contributed by atoms with Crippen LogP contribution < -0.4 is 5.48 Å². The van der Waals surface area contributed by atoms with Gasteiger partial charge in [-0.1, -0.05) is 18.2 Å². The molecule has 0 aliphatic carbocycles. The molecule has 0 bridgehead atoms. The predicted octanol–water partition coefficient (Wildman–Crippen LogP) is 2.56. The third-order valence-corrected chi connectivity index (χ3v) is 2.86. The van der Waals surface area contributed by atoms with E-state index < -0.39 is 0 Å². The summed E-state index contributed by atoms with van der Waals surface area (Å²) >= 11 is 0. The van der Waals surface area contributed by atoms with E-state index in [2.05, 4.69) is 22.6 Å². The highest BCUT2D eigenvalue weighted by molar-refractivity contribution is 5.83. The van der Waals surface area contributed by atoms with Crippen molar-refractivity contribution in [2.45, 2.75) is 26.2 Å². The van der Waals surface area contributed by atoms with Crippen LogP contribution in [0.15, 0.2) is 30.5 Å². The second-order valence-corrected chi connectivity index (χ2v) is 4.17. The first kappa shape index (κ1) is 12.6. The van der Waals surface area contributed by atoms with Gasteiger partial charge in [0.2, 0.25) is 5.91 Å². The van der Waals surface area contributed by atoms with Crippen molar-refractivity contribution >= 4 is 16.8 Å². The molecule has 0 spiro atoms. The molecule has 1 amide bonds. The number of hydrogen-bond acceptors (Lipinski definition) is 2. The quantitative estimate of drug-likeness (QED) is 0.770. The van der Waals surface area contributed by atoms with Gasteiger partial charge in [-0.05, 0) is 31.4 Å². The maximum Gasteiger partial charge on any atom is 0.243 e. The molecule has 0 atom stereocenters. The van der Waals surface area contributed by atoms with E-state index >= 15 is 0 Å². The topological polar surface area (TPSA) is 54.1 Å². The van der Waals surface area contributed by atoms with Gasteiger partial charge in [0.1, 0.15) is 0 Å². The van der Waals surface area contributed by atoms with Crippen LogP contribution in [0.4, 0.5) is 0 Å². The molecular formula is C14H18N2O2. The molecule has 0 fully saturated rings. The van der Waals surface area contributed by atoms with Crippen LogP contribution in [0.2, 0.25) is 0 Å². The molecule has 2 N–H and O–H groups in total. The van der Waals surface area contributed by atoms with E-state index in [4.69, 9.17) is 4.84 Å². The fourth-order valence-corrected chi connectivity index (χ4v) is 1.98. The number of amides is 1. The number of hydrogen-bond donors (Lipinski definition) is 2. The Hall–Kier alpha value is -1.81. The van der Waals surface area contributed by atoms with Crippen LogP contribution in [0, 0.1) is 0 Å². The average molecular weight is 246 g/mol. The lowest BCUT2D eigenvalue weighted by Crippen LogP contribution is -2.23. The van der Waals surface area contributed by atoms with Crippen molar-refractivity contribution in [1.82, 2.24) is 10.5 Å². The van der Waals surface area contributed by atoms with Gasteiger partial charge in [-0.2, -0.15) is 0 Å². The van der Waals surface area contributed by atoms with Crippen molar-refractivity contribution in [3.8, 4) is 0 Å². The fraction of sp³-hybridized carbons (Fsp3) is 0.357. The van der Waals surface area contributed by atoms with Gasteiger partial charge in [-0.25, -0.2) is 5.48 Å². The summed E-state index contributed by atoms with van der Waals surface area (Å²) in [6.45, 7) is 2.33. The molecule has 0 radical (unpaired) electrons. The van der Waals surface area contributed by atoms with Crippen LogP contribution in [0.5, 0.6) is 0 Å². The Labute approximate surface area is 106 Å². The van der Waals surface area contributed by atoms with Crippen LogP contribution in [0.3, 0.4) is 0 Å². The normalized spacial score (nSPS) is 10.7. The van der Waals surface area contributed by atoms with Crippen molar-refractivity contribution < 1.29 is 9.63 Å². The molecule has 4 nitrogen and oxygen atoms in total. The number of H-pyrrole nitrogens is 1. The standard InChI is InChI=1S/C14H18N2O2/c1-2-18-16-14(17)9-5-6-11-10-15-13-8-4-3-7-12(11)13/h3-4,7-8,10,15H,2,5-6,9H2,1H3,(H,16,17). The van der Waals surface area contributed by atoms with Crippen molar-refractivity contribution in [3.05, 3.63) is 36.0 Å². The Morgan fingerprint density at radius 1 is 1.39 bits per heavy atom. The minimum absolute atomic E-state index is 0.0586. The summed E-state index contributed by atoms with van der Waals surface area (Å²) in [7, 11) is 0. The molecule has 2 rings (SSSR count). The molecule has 2 aromatic rings. The fourth-order valence-electron chi connectivity index (χ4n) is 1.98. The van der Waals surface area contributed by atoms with E-state index in [1.54, 1.807) is 0 Å². The van der Waals surface area contributed by atoms with Gasteiger partial charge in [0.05, 0.1) is 6.61 Å². The minimum atomic E-state index is -0.0586. The first-order chi connectivity index (χ1) is 8.81. The molecule has 1 aromatic heterocycles. The summed E-state index contributed by atoms with van der Waals surface area (Å²) < 4.78 is 0. The molecule has 18 heavy (non-hydrogen) atoms. The molecule has 4 heteroatoms. The summed E-state index contributed by atoms with van der Waals surface area (Å²) in [5, 5.41) is 1.24. The maximum absolute atomic E-state index is 11.4. The van der Waals surface area contributed by atoms with Crippen molar-refractivity contribution in [1.29, 1.82) is 0 Å². The number of carbonyl (C=O) groups is 1. The highest BCUT2D eigenvalue weighted by atomic mass is 16.6. The van der Waals surface area contributed by atoms with Crippen LogP contribution in [0.25, 0.3) is 10.9 Å². The molecule has 0 unspecified atom stereocenters. The zero-order valence-corrected chi connectivity index (χ0v) is 10.5. The number of nitrogens with one attached hydrogen (secondary N) is 2. The average Bonchev–Trinajstić information content (AvgIpc) is 2.80. The van der Waals surface area contributed by atoms with Crippen LogP contribution >= 0.6 is 0 Å². The lowest BCUT2D eigenvalue weighted by molar-refractivity contribution is -0.133. The molecule has 1 heterocycles. The summed E-state index contributed by atoms with van der Waals surface area (Å²) in [6.07, 6.45) is 4.22. The number of para-hydroxylation sites is 1. The molecule has 0 aliphatic heterocycles. The summed E-state index contributed by atoms with van der Waals surface area (Å²) in [4.78, 5) is 19.4. The second-order valence-electron chi connectivity index (χ2n) is 4.17. The Balaban J connectivity index is 1.85. The summed E-state index contributed by atoms with van der Waals surface area (Å²) in [5.74, 6) is -0.0586. The number of carbonyl (C=O) groups excluding carboxylic acids is 1. The third kappa shape index (κ3) is 3.11. The zero-order valence-electron chi connectivity index (χ0n) is 10.5. The number of aryl methyl sites for hydroxylation is 1. The van der Waals surface area contributed by atoms with E-state index in [0.717, 1.165) is 18.4 Å². The number of rotatable bonds is 6. The van der Waals surface area contributed by atoms with E-state index in [1.165, 1.54) is 10.9 Å². The molecule has 0 saturated heterocycles. The first-order valence-electron chi connectivity index (χ1n) is 6.27. The van der Waals surface area contributed by atoms with Crippen LogP contribution in [0.1, 0.15) is 25.3 Å². The Morgan fingerprint density at radius 3 is 3.06 bits per heavy atom. The maximum atomic E-state index is 11.4. The third-order valence-electron chi connectivity index (χ3n) is 2.86. The summed E-state index contributed by atoms with van der Waals surface area (Å²) in [6, 6.07) is 8.20. The van der Waals surface area contributed by atoms with Gasteiger partial charge in [0.25, 0.3) is 0 Å². The van der Waals surface area contributed by atoms with Crippen LogP contribution in [-0.2, 0) is 16.1 Å². The van der Waals surface area contributed by atoms with E-state index in [-0.39, 0.29) is 5.91 Å². The van der Waals surface area contributed by atoms with Gasteiger partial charge in [0.15, 0.2) is 0 Å². The number of aromatic nitrogens is 1. The van der Waals surface area contributed by atoms with Crippen molar-refractivity contribution in [2.24, 2.45) is 0 Å². The Kier molecular flexibility index (Phi) is 4.36. The van der Waals surface area contributed by atoms with Crippen molar-refractivity contribution in [3.63, 3.8) is 0 Å². The molecule has 0 saturated carbocycles. The number of fused-ring (bicyclic) bond motifs is 1. The highest BCUT2D eigenvalue weighted by Gasteiger charge is 2.05. The number of benzene rings is 1. The molecular weight excluding hydrogens is 228 g/mol. The lowest BCUT2D eigenvalue weighted by atomic mass is 10.1. The van der Waals surface area contributed by atoms with Crippen molar-refractivity contribution in [2.75, 3.05) is 6.61 Å². The molecule has 96 valence electrons. The predicted molar refractivity (Wildman–Crippen MR) is 71.0 cm³/mol. The number of hydroxylamine groups is 1. The van der Waals surface area contributed by atoms with Gasteiger partial charge >= 0.3 is 0 Å². The van der Waals surface area contributed by atoms with E-state index in [9.17, 15) is 4.79 Å². The van der Waals surface area contributed by atoms with Gasteiger partial charge in [0, 0.05) is 23.5 Å². The highest BCUT2D eigenvalue weighted by Crippen LogP contribution is 2.19. The Bertz CT molecular complexity index is 519. The largest absolute Gasteiger partial charge is 0.361 e. The Morgan fingerprint density at radius 2 is 2.22 bits per heavy atom. The first-order valence-corrected chi connectivity index (χ1v) is 6.27. The minimum Gasteiger partial charge on any atom is -0.361 e. The van der Waals surface area contributed by atoms with Gasteiger partial charge in [-0.15, -0.1) is 0 Å².